The second-order valence-corrected chi connectivity index (χ2v) is 4.12. The predicted octanol–water partition coefficient (Wildman–Crippen LogP) is 1.11. The molecule has 0 aliphatic carbocycles. The predicted molar refractivity (Wildman–Crippen MR) is 58.0 cm³/mol. The quantitative estimate of drug-likeness (QED) is 0.753. The third kappa shape index (κ3) is 1.41. The van der Waals surface area contributed by atoms with Crippen LogP contribution in [0.1, 0.15) is 23.7 Å². The van der Waals surface area contributed by atoms with E-state index in [-0.39, 0.29) is 0 Å². The van der Waals surface area contributed by atoms with Crippen LogP contribution in [0.3, 0.4) is 0 Å². The van der Waals surface area contributed by atoms with Crippen LogP contribution in [0.4, 0.5) is 0 Å². The van der Waals surface area contributed by atoms with E-state index in [1.165, 1.54) is 12.1 Å². The van der Waals surface area contributed by atoms with Gasteiger partial charge in [0.15, 0.2) is 5.65 Å². The lowest BCUT2D eigenvalue weighted by atomic mass is 10.1. The van der Waals surface area contributed by atoms with Gasteiger partial charge in [0.1, 0.15) is 0 Å². The highest BCUT2D eigenvalue weighted by Gasteiger charge is 2.20. The number of hydrogen-bond acceptors (Lipinski definition) is 3. The summed E-state index contributed by atoms with van der Waals surface area (Å²) in [5.74, 6) is 0.564. The van der Waals surface area contributed by atoms with E-state index < -0.39 is 0 Å². The molecule has 1 aliphatic heterocycles. The number of aromatic nitrogens is 3. The monoisotopic (exact) mass is 202 g/mol. The Morgan fingerprint density at radius 2 is 2.40 bits per heavy atom. The van der Waals surface area contributed by atoms with Crippen LogP contribution in [0.15, 0.2) is 18.3 Å². The van der Waals surface area contributed by atoms with Gasteiger partial charge in [-0.25, -0.2) is 9.50 Å². The molecule has 2 aromatic rings. The Morgan fingerprint density at radius 1 is 1.47 bits per heavy atom. The van der Waals surface area contributed by atoms with Crippen LogP contribution in [0, 0.1) is 6.92 Å². The lowest BCUT2D eigenvalue weighted by Gasteiger charge is -2.06. The summed E-state index contributed by atoms with van der Waals surface area (Å²) < 4.78 is 1.98. The molecule has 4 heteroatoms. The number of nitrogens with one attached hydrogen (secondary N) is 1. The molecule has 3 rings (SSSR count). The molecular formula is C11H14N4. The van der Waals surface area contributed by atoms with E-state index in [9.17, 15) is 0 Å². The summed E-state index contributed by atoms with van der Waals surface area (Å²) in [6, 6.07) is 4.02. The van der Waals surface area contributed by atoms with Crippen molar-refractivity contribution in [1.29, 1.82) is 0 Å². The molecule has 3 heterocycles. The lowest BCUT2D eigenvalue weighted by molar-refractivity contribution is 0.694. The van der Waals surface area contributed by atoms with Crippen molar-refractivity contribution in [2.24, 2.45) is 0 Å². The van der Waals surface area contributed by atoms with E-state index in [2.05, 4.69) is 15.4 Å². The second kappa shape index (κ2) is 3.31. The zero-order valence-electron chi connectivity index (χ0n) is 8.77. The van der Waals surface area contributed by atoms with Gasteiger partial charge in [0.2, 0.25) is 0 Å². The van der Waals surface area contributed by atoms with Gasteiger partial charge in [-0.3, -0.25) is 0 Å². The average Bonchev–Trinajstić information content (AvgIpc) is 2.83. The Bertz CT molecular complexity index is 482. The molecule has 2 aromatic heterocycles. The fraction of sp³-hybridized carbons (Fsp3) is 0.455. The summed E-state index contributed by atoms with van der Waals surface area (Å²) in [7, 11) is 0. The van der Waals surface area contributed by atoms with Gasteiger partial charge >= 0.3 is 0 Å². The third-order valence-corrected chi connectivity index (χ3v) is 3.00. The molecule has 4 nitrogen and oxygen atoms in total. The van der Waals surface area contributed by atoms with Gasteiger partial charge in [0.05, 0.1) is 17.6 Å². The van der Waals surface area contributed by atoms with Gasteiger partial charge in [-0.2, -0.15) is 5.10 Å². The normalized spacial score (nSPS) is 21.3. The molecule has 1 N–H and O–H groups in total. The molecule has 1 fully saturated rings. The van der Waals surface area contributed by atoms with Crippen LogP contribution in [0.2, 0.25) is 0 Å². The molecule has 0 aromatic carbocycles. The highest BCUT2D eigenvalue weighted by molar-refractivity contribution is 5.39. The lowest BCUT2D eigenvalue weighted by Crippen LogP contribution is -2.10. The number of aryl methyl sites for hydroxylation is 1. The van der Waals surface area contributed by atoms with Crippen LogP contribution < -0.4 is 5.32 Å². The summed E-state index contributed by atoms with van der Waals surface area (Å²) >= 11 is 0. The summed E-state index contributed by atoms with van der Waals surface area (Å²) in [6.45, 7) is 4.16. The molecule has 15 heavy (non-hydrogen) atoms. The van der Waals surface area contributed by atoms with Gasteiger partial charge in [-0.15, -0.1) is 0 Å². The van der Waals surface area contributed by atoms with Crippen molar-refractivity contribution in [3.05, 3.63) is 29.7 Å². The summed E-state index contributed by atoms with van der Waals surface area (Å²) in [4.78, 5) is 4.38. The van der Waals surface area contributed by atoms with E-state index in [4.69, 9.17) is 0 Å². The van der Waals surface area contributed by atoms with Crippen molar-refractivity contribution < 1.29 is 0 Å². The minimum absolute atomic E-state index is 0.564. The zero-order valence-corrected chi connectivity index (χ0v) is 8.77. The summed E-state index contributed by atoms with van der Waals surface area (Å²) in [6.07, 6.45) is 3.14. The SMILES string of the molecule is Cc1ccc2ncc(C3CCNC3)n2n1. The van der Waals surface area contributed by atoms with Crippen molar-refractivity contribution >= 4 is 5.65 Å². The van der Waals surface area contributed by atoms with Crippen molar-refractivity contribution in [2.45, 2.75) is 19.3 Å². The van der Waals surface area contributed by atoms with Gasteiger partial charge in [0.25, 0.3) is 0 Å². The summed E-state index contributed by atoms with van der Waals surface area (Å²) in [5.41, 5.74) is 3.22. The molecule has 1 atom stereocenters. The van der Waals surface area contributed by atoms with E-state index in [0.29, 0.717) is 5.92 Å². The first-order chi connectivity index (χ1) is 7.34. The fourth-order valence-corrected chi connectivity index (χ4v) is 2.17. The molecule has 0 amide bonds. The molecule has 1 unspecified atom stereocenters. The first kappa shape index (κ1) is 8.85. The standard InChI is InChI=1S/C11H14N4/c1-8-2-3-11-13-7-10(15(11)14-8)9-4-5-12-6-9/h2-3,7,9,12H,4-6H2,1H3. The number of nitrogens with zero attached hydrogens (tertiary/aromatic N) is 3. The number of hydrogen-bond donors (Lipinski definition) is 1. The number of imidazole rings is 1. The molecule has 0 spiro atoms. The molecular weight excluding hydrogens is 188 g/mol. The molecule has 78 valence electrons. The topological polar surface area (TPSA) is 42.2 Å². The van der Waals surface area contributed by atoms with E-state index in [0.717, 1.165) is 24.4 Å². The maximum Gasteiger partial charge on any atom is 0.153 e. The van der Waals surface area contributed by atoms with E-state index in [1.807, 2.05) is 29.8 Å². The minimum atomic E-state index is 0.564. The van der Waals surface area contributed by atoms with Crippen LogP contribution >= 0.6 is 0 Å². The van der Waals surface area contributed by atoms with Crippen LogP contribution in [-0.2, 0) is 0 Å². The summed E-state index contributed by atoms with van der Waals surface area (Å²) in [5, 5.41) is 7.88. The Morgan fingerprint density at radius 3 is 3.20 bits per heavy atom. The third-order valence-electron chi connectivity index (χ3n) is 3.00. The average molecular weight is 202 g/mol. The van der Waals surface area contributed by atoms with E-state index in [1.54, 1.807) is 0 Å². The van der Waals surface area contributed by atoms with Crippen molar-refractivity contribution in [3.63, 3.8) is 0 Å². The zero-order chi connectivity index (χ0) is 10.3. The highest BCUT2D eigenvalue weighted by atomic mass is 15.3. The van der Waals surface area contributed by atoms with Gasteiger partial charge in [-0.1, -0.05) is 0 Å². The number of rotatable bonds is 1. The highest BCUT2D eigenvalue weighted by Crippen LogP contribution is 2.22. The first-order valence-electron chi connectivity index (χ1n) is 5.36. The maximum absolute atomic E-state index is 4.51. The Balaban J connectivity index is 2.13. The Hall–Kier alpha value is -1.42. The smallest absolute Gasteiger partial charge is 0.153 e. The van der Waals surface area contributed by atoms with Crippen LogP contribution in [-0.4, -0.2) is 27.7 Å². The fourth-order valence-electron chi connectivity index (χ4n) is 2.17. The Kier molecular flexibility index (Phi) is 1.95. The molecule has 0 saturated carbocycles. The van der Waals surface area contributed by atoms with Crippen LogP contribution in [0.25, 0.3) is 5.65 Å². The maximum atomic E-state index is 4.51. The molecule has 0 radical (unpaired) electrons. The molecule has 1 saturated heterocycles. The Labute approximate surface area is 88.3 Å². The number of fused-ring (bicyclic) bond motifs is 1. The van der Waals surface area contributed by atoms with Crippen molar-refractivity contribution in [3.8, 4) is 0 Å². The van der Waals surface area contributed by atoms with Crippen molar-refractivity contribution in [1.82, 2.24) is 19.9 Å². The molecule has 1 aliphatic rings. The second-order valence-electron chi connectivity index (χ2n) is 4.12. The largest absolute Gasteiger partial charge is 0.316 e. The van der Waals surface area contributed by atoms with Crippen molar-refractivity contribution in [2.75, 3.05) is 13.1 Å². The minimum Gasteiger partial charge on any atom is -0.316 e. The van der Waals surface area contributed by atoms with Gasteiger partial charge in [0, 0.05) is 12.5 Å². The van der Waals surface area contributed by atoms with Gasteiger partial charge < -0.3 is 5.32 Å². The van der Waals surface area contributed by atoms with E-state index >= 15 is 0 Å². The van der Waals surface area contributed by atoms with Gasteiger partial charge in [-0.05, 0) is 32.0 Å². The molecule has 0 bridgehead atoms. The van der Waals surface area contributed by atoms with Crippen LogP contribution in [0.5, 0.6) is 0 Å². The first-order valence-corrected chi connectivity index (χ1v) is 5.36.